The van der Waals surface area contributed by atoms with Crippen LogP contribution in [0, 0.1) is 0 Å². The molecule has 0 aliphatic rings. The summed E-state index contributed by atoms with van der Waals surface area (Å²) in [6, 6.07) is 0. The zero-order valence-corrected chi connectivity index (χ0v) is 7.42. The van der Waals surface area contributed by atoms with Gasteiger partial charge in [0.25, 0.3) is 0 Å². The summed E-state index contributed by atoms with van der Waals surface area (Å²) >= 11 is 0. The summed E-state index contributed by atoms with van der Waals surface area (Å²) in [6.07, 6.45) is -0.856. The van der Waals surface area contributed by atoms with Crippen LogP contribution in [-0.4, -0.2) is 50.2 Å². The Kier molecular flexibility index (Phi) is 5.34. The quantitative estimate of drug-likeness (QED) is 0.345. The van der Waals surface area contributed by atoms with Crippen molar-refractivity contribution in [2.75, 3.05) is 25.4 Å². The zero-order valence-electron chi connectivity index (χ0n) is 6.60. The fourth-order valence-electron chi connectivity index (χ4n) is 0.548. The minimum absolute atomic E-state index is 0.159. The van der Waals surface area contributed by atoms with E-state index in [2.05, 4.69) is 5.32 Å². The van der Waals surface area contributed by atoms with E-state index in [1.807, 2.05) is 0 Å². The second-order valence-electron chi connectivity index (χ2n) is 2.41. The summed E-state index contributed by atoms with van der Waals surface area (Å²) in [4.78, 5) is 0. The molecule has 0 aromatic rings. The molecule has 0 aromatic heterocycles. The highest BCUT2D eigenvalue weighted by Crippen LogP contribution is 1.78. The topological polar surface area (TPSA) is 113 Å². The number of primary sulfonamides is 1. The molecule has 1 unspecified atom stereocenters. The van der Waals surface area contributed by atoms with Crippen LogP contribution in [0.4, 0.5) is 0 Å². The number of aliphatic hydroxyl groups excluding tert-OH is 2. The van der Waals surface area contributed by atoms with Gasteiger partial charge in [0.2, 0.25) is 10.0 Å². The van der Waals surface area contributed by atoms with Crippen molar-refractivity contribution in [3.8, 4) is 0 Å². The van der Waals surface area contributed by atoms with Gasteiger partial charge in [-0.2, -0.15) is 0 Å². The van der Waals surface area contributed by atoms with Crippen LogP contribution < -0.4 is 10.5 Å². The first kappa shape index (κ1) is 11.8. The molecular weight excluding hydrogens is 184 g/mol. The Bertz CT molecular complexity index is 203. The van der Waals surface area contributed by atoms with E-state index in [1.165, 1.54) is 0 Å². The first-order chi connectivity index (χ1) is 5.45. The zero-order chi connectivity index (χ0) is 9.61. The predicted molar refractivity (Wildman–Crippen MR) is 43.9 cm³/mol. The summed E-state index contributed by atoms with van der Waals surface area (Å²) < 4.78 is 20.7. The van der Waals surface area contributed by atoms with Crippen LogP contribution in [0.1, 0.15) is 0 Å². The van der Waals surface area contributed by atoms with Gasteiger partial charge in [0.1, 0.15) is 0 Å². The largest absolute Gasteiger partial charge is 0.394 e. The fraction of sp³-hybridized carbons (Fsp3) is 1.00. The average molecular weight is 198 g/mol. The van der Waals surface area contributed by atoms with E-state index >= 15 is 0 Å². The van der Waals surface area contributed by atoms with Gasteiger partial charge < -0.3 is 15.5 Å². The number of aliphatic hydroxyl groups is 2. The van der Waals surface area contributed by atoms with Crippen molar-refractivity contribution < 1.29 is 18.6 Å². The summed E-state index contributed by atoms with van der Waals surface area (Å²) in [5.41, 5.74) is 0. The highest BCUT2D eigenvalue weighted by atomic mass is 32.2. The molecule has 0 heterocycles. The maximum atomic E-state index is 10.4. The highest BCUT2D eigenvalue weighted by Gasteiger charge is 2.03. The Balaban J connectivity index is 3.34. The van der Waals surface area contributed by atoms with Gasteiger partial charge in [-0.25, -0.2) is 13.6 Å². The van der Waals surface area contributed by atoms with Gasteiger partial charge >= 0.3 is 0 Å². The lowest BCUT2D eigenvalue weighted by molar-refractivity contribution is 0.0950. The summed E-state index contributed by atoms with van der Waals surface area (Å²) in [7, 11) is -3.44. The van der Waals surface area contributed by atoms with Gasteiger partial charge in [0.05, 0.1) is 18.5 Å². The van der Waals surface area contributed by atoms with E-state index in [0.29, 0.717) is 0 Å². The molecule has 0 saturated heterocycles. The van der Waals surface area contributed by atoms with Gasteiger partial charge in [-0.1, -0.05) is 0 Å². The second-order valence-corrected chi connectivity index (χ2v) is 4.14. The molecule has 0 saturated carbocycles. The molecule has 12 heavy (non-hydrogen) atoms. The van der Waals surface area contributed by atoms with Gasteiger partial charge in [-0.05, 0) is 0 Å². The lowest BCUT2D eigenvalue weighted by Crippen LogP contribution is -2.34. The number of nitrogens with two attached hydrogens (primary N) is 1. The van der Waals surface area contributed by atoms with Crippen LogP contribution >= 0.6 is 0 Å². The Morgan fingerprint density at radius 1 is 1.50 bits per heavy atom. The Morgan fingerprint density at radius 2 is 2.08 bits per heavy atom. The van der Waals surface area contributed by atoms with Crippen molar-refractivity contribution in [3.05, 3.63) is 0 Å². The number of hydrogen-bond donors (Lipinski definition) is 4. The summed E-state index contributed by atoms with van der Waals surface area (Å²) in [6.45, 7) is -0.00963. The van der Waals surface area contributed by atoms with Crippen molar-refractivity contribution in [1.82, 2.24) is 5.32 Å². The molecule has 0 fully saturated rings. The molecule has 6 nitrogen and oxygen atoms in total. The molecule has 7 heteroatoms. The Morgan fingerprint density at radius 3 is 2.50 bits per heavy atom. The third kappa shape index (κ3) is 7.89. The summed E-state index contributed by atoms with van der Waals surface area (Å²) in [5, 5.41) is 24.5. The van der Waals surface area contributed by atoms with Crippen LogP contribution in [0.5, 0.6) is 0 Å². The SMILES string of the molecule is NS(=O)(=O)CCNCC(O)CO. The maximum Gasteiger partial charge on any atom is 0.210 e. The van der Waals surface area contributed by atoms with E-state index in [1.54, 1.807) is 0 Å². The predicted octanol–water partition coefficient (Wildman–Crippen LogP) is -2.78. The van der Waals surface area contributed by atoms with Gasteiger partial charge in [0, 0.05) is 13.1 Å². The van der Waals surface area contributed by atoms with Crippen molar-refractivity contribution in [1.29, 1.82) is 0 Å². The molecule has 0 rings (SSSR count). The monoisotopic (exact) mass is 198 g/mol. The molecule has 74 valence electrons. The van der Waals surface area contributed by atoms with Crippen molar-refractivity contribution in [2.45, 2.75) is 6.10 Å². The standard InChI is InChI=1S/C5H14N2O4S/c6-12(10,11)2-1-7-3-5(9)4-8/h5,7-9H,1-4H2,(H2,6,10,11). The van der Waals surface area contributed by atoms with Crippen molar-refractivity contribution in [3.63, 3.8) is 0 Å². The molecule has 1 atom stereocenters. The van der Waals surface area contributed by atoms with Crippen LogP contribution in [0.25, 0.3) is 0 Å². The van der Waals surface area contributed by atoms with E-state index in [9.17, 15) is 8.42 Å². The molecule has 5 N–H and O–H groups in total. The third-order valence-corrected chi connectivity index (χ3v) is 1.93. The molecule has 0 radical (unpaired) electrons. The lowest BCUT2D eigenvalue weighted by Gasteiger charge is -2.07. The first-order valence-electron chi connectivity index (χ1n) is 3.46. The van der Waals surface area contributed by atoms with Crippen molar-refractivity contribution in [2.24, 2.45) is 5.14 Å². The van der Waals surface area contributed by atoms with Crippen LogP contribution in [-0.2, 0) is 10.0 Å². The van der Waals surface area contributed by atoms with Gasteiger partial charge in [0.15, 0.2) is 0 Å². The maximum absolute atomic E-state index is 10.4. The Hall–Kier alpha value is -0.210. The number of sulfonamides is 1. The number of nitrogens with one attached hydrogen (secondary N) is 1. The van der Waals surface area contributed by atoms with Crippen LogP contribution in [0.15, 0.2) is 0 Å². The average Bonchev–Trinajstić information content (AvgIpc) is 1.96. The molecule has 0 bridgehead atoms. The van der Waals surface area contributed by atoms with E-state index in [0.717, 1.165) is 0 Å². The molecule has 0 spiro atoms. The van der Waals surface area contributed by atoms with Gasteiger partial charge in [-0.15, -0.1) is 0 Å². The minimum Gasteiger partial charge on any atom is -0.394 e. The van der Waals surface area contributed by atoms with E-state index in [-0.39, 0.29) is 25.4 Å². The van der Waals surface area contributed by atoms with Gasteiger partial charge in [-0.3, -0.25) is 0 Å². The smallest absolute Gasteiger partial charge is 0.210 e. The Labute approximate surface area is 71.4 Å². The minimum atomic E-state index is -3.44. The molecular formula is C5H14N2O4S. The second kappa shape index (κ2) is 5.44. The van der Waals surface area contributed by atoms with Crippen LogP contribution in [0.3, 0.4) is 0 Å². The number of rotatable bonds is 6. The normalized spacial score (nSPS) is 14.6. The van der Waals surface area contributed by atoms with Crippen molar-refractivity contribution >= 4 is 10.0 Å². The summed E-state index contributed by atoms with van der Waals surface area (Å²) in [5.74, 6) is -0.175. The van der Waals surface area contributed by atoms with E-state index < -0.39 is 16.1 Å². The fourth-order valence-corrected chi connectivity index (χ4v) is 0.977. The lowest BCUT2D eigenvalue weighted by atomic mass is 10.4. The highest BCUT2D eigenvalue weighted by molar-refractivity contribution is 7.89. The van der Waals surface area contributed by atoms with Crippen LogP contribution in [0.2, 0.25) is 0 Å². The number of hydrogen-bond acceptors (Lipinski definition) is 5. The first-order valence-corrected chi connectivity index (χ1v) is 5.17. The molecule has 0 aromatic carbocycles. The molecule has 0 aliphatic heterocycles. The third-order valence-electron chi connectivity index (χ3n) is 1.15. The molecule has 0 amide bonds. The molecule has 0 aliphatic carbocycles. The van der Waals surface area contributed by atoms with E-state index in [4.69, 9.17) is 15.4 Å².